The number of para-hydroxylation sites is 2. The van der Waals surface area contributed by atoms with Gasteiger partial charge in [0.15, 0.2) is 0 Å². The Kier molecular flexibility index (Phi) is 6.74. The van der Waals surface area contributed by atoms with Crippen molar-refractivity contribution in [1.29, 1.82) is 0 Å². The van der Waals surface area contributed by atoms with Crippen molar-refractivity contribution in [2.24, 2.45) is 0 Å². The molecule has 0 saturated carbocycles. The molecule has 7 heteroatoms. The number of rotatable bonds is 3. The zero-order valence-corrected chi connectivity index (χ0v) is 23.1. The molecule has 0 aromatic heterocycles. The van der Waals surface area contributed by atoms with Gasteiger partial charge in [0, 0.05) is 23.4 Å². The van der Waals surface area contributed by atoms with Gasteiger partial charge in [0.2, 0.25) is 0 Å². The van der Waals surface area contributed by atoms with Crippen molar-refractivity contribution < 1.29 is 22.7 Å². The van der Waals surface area contributed by atoms with Crippen molar-refractivity contribution in [2.45, 2.75) is 6.61 Å². The molecule has 5 aromatic carbocycles. The molecule has 39 heavy (non-hydrogen) atoms. The summed E-state index contributed by atoms with van der Waals surface area (Å²) in [5, 5.41) is 1.43. The predicted molar refractivity (Wildman–Crippen MR) is 157 cm³/mol. The second-order valence-corrected chi connectivity index (χ2v) is 13.6. The lowest BCUT2D eigenvalue weighted by molar-refractivity contribution is 0.264. The Morgan fingerprint density at radius 2 is 1.00 bits per heavy atom. The lowest BCUT2D eigenvalue weighted by Crippen LogP contribution is -2.19. The van der Waals surface area contributed by atoms with E-state index in [1.165, 1.54) is 0 Å². The molecule has 194 valence electrons. The molecular formula is C32H26O5P2. The van der Waals surface area contributed by atoms with Gasteiger partial charge in [-0.05, 0) is 35.4 Å². The van der Waals surface area contributed by atoms with Crippen LogP contribution in [-0.2, 0) is 20.3 Å². The van der Waals surface area contributed by atoms with E-state index in [1.807, 2.05) is 127 Å². The van der Waals surface area contributed by atoms with E-state index in [1.54, 1.807) is 6.66 Å². The van der Waals surface area contributed by atoms with Gasteiger partial charge in [0.25, 0.3) is 7.37 Å². The van der Waals surface area contributed by atoms with Gasteiger partial charge in [-0.3, -0.25) is 9.09 Å². The molecule has 2 atom stereocenters. The van der Waals surface area contributed by atoms with Crippen LogP contribution in [0.15, 0.2) is 127 Å². The zero-order valence-electron chi connectivity index (χ0n) is 21.3. The Labute approximate surface area is 228 Å². The molecule has 0 spiro atoms. The summed E-state index contributed by atoms with van der Waals surface area (Å²) in [5.74, 6) is 1.31. The van der Waals surface area contributed by atoms with E-state index in [0.717, 1.165) is 33.1 Å². The third-order valence-electron chi connectivity index (χ3n) is 6.63. The van der Waals surface area contributed by atoms with Gasteiger partial charge in [0.05, 0.1) is 17.2 Å². The van der Waals surface area contributed by atoms with Crippen molar-refractivity contribution in [3.05, 3.63) is 133 Å². The molecule has 2 aliphatic heterocycles. The van der Waals surface area contributed by atoms with Crippen LogP contribution in [0.25, 0.3) is 22.3 Å². The van der Waals surface area contributed by atoms with Crippen LogP contribution in [0.1, 0.15) is 5.56 Å². The fourth-order valence-electron chi connectivity index (χ4n) is 4.78. The summed E-state index contributed by atoms with van der Waals surface area (Å²) in [6, 6.07) is 40.3. The summed E-state index contributed by atoms with van der Waals surface area (Å²) in [6.07, 6.45) is 0. The van der Waals surface area contributed by atoms with Gasteiger partial charge in [-0.15, -0.1) is 0 Å². The highest BCUT2D eigenvalue weighted by molar-refractivity contribution is 7.67. The summed E-state index contributed by atoms with van der Waals surface area (Å²) < 4.78 is 42.9. The summed E-state index contributed by atoms with van der Waals surface area (Å²) in [6.45, 7) is 1.91. The highest BCUT2D eigenvalue weighted by Gasteiger charge is 2.37. The molecule has 2 unspecified atom stereocenters. The average molecular weight is 553 g/mol. The maximum absolute atomic E-state index is 13.3. The molecular weight excluding hydrogens is 526 g/mol. The highest BCUT2D eigenvalue weighted by Crippen LogP contribution is 2.55. The van der Waals surface area contributed by atoms with Crippen molar-refractivity contribution in [3.63, 3.8) is 0 Å². The quantitative estimate of drug-likeness (QED) is 0.212. The predicted octanol–water partition coefficient (Wildman–Crippen LogP) is 8.06. The van der Waals surface area contributed by atoms with E-state index in [9.17, 15) is 9.13 Å². The van der Waals surface area contributed by atoms with E-state index >= 15 is 0 Å². The first-order valence-electron chi connectivity index (χ1n) is 12.6. The van der Waals surface area contributed by atoms with Gasteiger partial charge in [0.1, 0.15) is 11.5 Å². The number of hydrogen-bond donors (Lipinski definition) is 0. The lowest BCUT2D eigenvalue weighted by atomic mass is 10.0. The highest BCUT2D eigenvalue weighted by atomic mass is 31.2. The Hall–Kier alpha value is -3.88. The van der Waals surface area contributed by atoms with Crippen LogP contribution in [-0.4, -0.2) is 6.66 Å². The molecule has 5 aromatic rings. The normalized spacial score (nSPS) is 19.9. The van der Waals surface area contributed by atoms with Gasteiger partial charge >= 0.3 is 7.60 Å². The third kappa shape index (κ3) is 4.97. The molecule has 0 amide bonds. The number of benzene rings is 5. The summed E-state index contributed by atoms with van der Waals surface area (Å²) in [5.41, 5.74) is 4.85. The van der Waals surface area contributed by atoms with Gasteiger partial charge in [-0.25, -0.2) is 4.57 Å². The second-order valence-electron chi connectivity index (χ2n) is 9.31. The second kappa shape index (κ2) is 10.4. The van der Waals surface area contributed by atoms with Crippen LogP contribution in [0.4, 0.5) is 0 Å². The Morgan fingerprint density at radius 3 is 1.64 bits per heavy atom. The van der Waals surface area contributed by atoms with Crippen LogP contribution >= 0.6 is 15.0 Å². The molecule has 0 radical (unpaired) electrons. The van der Waals surface area contributed by atoms with Crippen molar-refractivity contribution in [2.75, 3.05) is 6.66 Å². The van der Waals surface area contributed by atoms with Crippen molar-refractivity contribution >= 4 is 25.6 Å². The smallest absolute Gasteiger partial charge is 0.411 e. The van der Waals surface area contributed by atoms with Gasteiger partial charge < -0.3 is 9.05 Å². The molecule has 0 bridgehead atoms. The van der Waals surface area contributed by atoms with E-state index in [-0.39, 0.29) is 6.61 Å². The third-order valence-corrected chi connectivity index (χ3v) is 10.3. The Morgan fingerprint density at radius 1 is 0.538 bits per heavy atom. The Bertz CT molecular complexity index is 1750. The van der Waals surface area contributed by atoms with Gasteiger partial charge in [-0.1, -0.05) is 103 Å². The first-order valence-corrected chi connectivity index (χ1v) is 16.2. The SMILES string of the molecule is CP1(=O)Oc2ccccc2-c2ccccc21.O=P1(OCc2ccccc2)Oc2ccccc2-c2ccccc21. The maximum atomic E-state index is 13.3. The van der Waals surface area contributed by atoms with Crippen molar-refractivity contribution in [1.82, 2.24) is 0 Å². The van der Waals surface area contributed by atoms with Crippen LogP contribution in [0.3, 0.4) is 0 Å². The maximum Gasteiger partial charge on any atom is 0.411 e. The lowest BCUT2D eigenvalue weighted by Gasteiger charge is -2.27. The van der Waals surface area contributed by atoms with Crippen LogP contribution in [0, 0.1) is 0 Å². The fraction of sp³-hybridized carbons (Fsp3) is 0.0625. The number of fused-ring (bicyclic) bond motifs is 6. The minimum atomic E-state index is -3.40. The van der Waals surface area contributed by atoms with Gasteiger partial charge in [-0.2, -0.15) is 0 Å². The molecule has 0 saturated heterocycles. The van der Waals surface area contributed by atoms with Crippen LogP contribution in [0.5, 0.6) is 11.5 Å². The van der Waals surface area contributed by atoms with E-state index < -0.39 is 15.0 Å². The minimum absolute atomic E-state index is 0.245. The van der Waals surface area contributed by atoms with E-state index in [4.69, 9.17) is 13.6 Å². The van der Waals surface area contributed by atoms with Crippen LogP contribution < -0.4 is 19.7 Å². The zero-order chi connectivity index (χ0) is 26.9. The monoisotopic (exact) mass is 552 g/mol. The fourth-order valence-corrected chi connectivity index (χ4v) is 8.19. The van der Waals surface area contributed by atoms with E-state index in [0.29, 0.717) is 16.8 Å². The standard InChI is InChI=1S/C19H15O3P.C13H11O2P/c20-23(21-14-15-8-2-1-3-9-15)19-13-7-5-11-17(19)16-10-4-6-12-18(16)22-23;1-16(14)13-9-5-3-7-11(13)10-6-2-4-8-12(10)15-16/h1-13H,14H2;2-9H,1H3. The molecule has 0 N–H and O–H groups in total. The summed E-state index contributed by atoms with van der Waals surface area (Å²) in [7, 11) is -6.11. The van der Waals surface area contributed by atoms with Crippen molar-refractivity contribution in [3.8, 4) is 33.8 Å². The minimum Gasteiger partial charge on any atom is -0.439 e. The first kappa shape index (κ1) is 25.4. The molecule has 0 fully saturated rings. The molecule has 2 aliphatic rings. The summed E-state index contributed by atoms with van der Waals surface area (Å²) >= 11 is 0. The first-order chi connectivity index (χ1) is 18.9. The Balaban J connectivity index is 0.000000151. The average Bonchev–Trinajstić information content (AvgIpc) is 2.97. The summed E-state index contributed by atoms with van der Waals surface area (Å²) in [4.78, 5) is 0. The molecule has 7 rings (SSSR count). The van der Waals surface area contributed by atoms with Crippen LogP contribution in [0.2, 0.25) is 0 Å². The number of hydrogen-bond acceptors (Lipinski definition) is 5. The molecule has 5 nitrogen and oxygen atoms in total. The largest absolute Gasteiger partial charge is 0.439 e. The topological polar surface area (TPSA) is 61.8 Å². The molecule has 2 heterocycles. The van der Waals surface area contributed by atoms with E-state index in [2.05, 4.69) is 0 Å². The molecule has 0 aliphatic carbocycles.